The van der Waals surface area contributed by atoms with Gasteiger partial charge in [0.05, 0.1) is 5.02 Å². The van der Waals surface area contributed by atoms with Crippen LogP contribution < -0.4 is 14.8 Å². The molecule has 0 bridgehead atoms. The monoisotopic (exact) mass is 295 g/mol. The van der Waals surface area contributed by atoms with Crippen molar-refractivity contribution < 1.29 is 9.47 Å². The van der Waals surface area contributed by atoms with Crippen LogP contribution in [0.1, 0.15) is 44.6 Å². The normalized spacial score (nSPS) is 20.7. The fourth-order valence-electron chi connectivity index (χ4n) is 3.09. The Morgan fingerprint density at radius 3 is 2.70 bits per heavy atom. The molecular weight excluding hydrogens is 274 g/mol. The number of hydrogen-bond acceptors (Lipinski definition) is 3. The van der Waals surface area contributed by atoms with Gasteiger partial charge in [0.15, 0.2) is 11.5 Å². The number of rotatable bonds is 3. The van der Waals surface area contributed by atoms with Crippen LogP contribution >= 0.6 is 11.6 Å². The predicted octanol–water partition coefficient (Wildman–Crippen LogP) is 3.92. The Hall–Kier alpha value is -0.930. The van der Waals surface area contributed by atoms with Gasteiger partial charge in [-0.2, -0.15) is 0 Å². The first-order valence-corrected chi connectivity index (χ1v) is 7.87. The SMILES string of the molecule is CC1(NCc2cc(Cl)c3c(c2)OCCO3)CCCCC1. The molecular formula is C16H22ClNO2. The van der Waals surface area contributed by atoms with E-state index in [-0.39, 0.29) is 5.54 Å². The Kier molecular flexibility index (Phi) is 4.08. The molecule has 3 nitrogen and oxygen atoms in total. The minimum absolute atomic E-state index is 0.262. The fraction of sp³-hybridized carbons (Fsp3) is 0.625. The van der Waals surface area contributed by atoms with Crippen LogP contribution in [0.3, 0.4) is 0 Å². The van der Waals surface area contributed by atoms with Crippen molar-refractivity contribution >= 4 is 11.6 Å². The molecule has 0 aromatic heterocycles. The van der Waals surface area contributed by atoms with Crippen molar-refractivity contribution in [3.8, 4) is 11.5 Å². The summed E-state index contributed by atoms with van der Waals surface area (Å²) in [7, 11) is 0. The Bertz CT molecular complexity index is 484. The first-order valence-electron chi connectivity index (χ1n) is 7.49. The third-order valence-corrected chi connectivity index (χ3v) is 4.61. The van der Waals surface area contributed by atoms with Crippen LogP contribution in [0.15, 0.2) is 12.1 Å². The van der Waals surface area contributed by atoms with Crippen molar-refractivity contribution in [1.82, 2.24) is 5.32 Å². The summed E-state index contributed by atoms with van der Waals surface area (Å²) in [5.41, 5.74) is 1.42. The number of ether oxygens (including phenoxy) is 2. The van der Waals surface area contributed by atoms with Crippen molar-refractivity contribution in [2.45, 2.75) is 51.1 Å². The van der Waals surface area contributed by atoms with Crippen LogP contribution in [0.2, 0.25) is 5.02 Å². The summed E-state index contributed by atoms with van der Waals surface area (Å²) in [4.78, 5) is 0. The van der Waals surface area contributed by atoms with Gasteiger partial charge in [-0.1, -0.05) is 30.9 Å². The third kappa shape index (κ3) is 3.04. The van der Waals surface area contributed by atoms with Crippen LogP contribution in [0.25, 0.3) is 0 Å². The zero-order valence-electron chi connectivity index (χ0n) is 12.0. The van der Waals surface area contributed by atoms with Gasteiger partial charge >= 0.3 is 0 Å². The molecule has 0 amide bonds. The third-order valence-electron chi connectivity index (χ3n) is 4.33. The molecule has 3 rings (SSSR count). The molecule has 1 aromatic carbocycles. The lowest BCUT2D eigenvalue weighted by atomic mass is 9.83. The Morgan fingerprint density at radius 2 is 1.90 bits per heavy atom. The molecule has 1 fully saturated rings. The summed E-state index contributed by atoms with van der Waals surface area (Å²) < 4.78 is 11.2. The lowest BCUT2D eigenvalue weighted by Crippen LogP contribution is -2.43. The highest BCUT2D eigenvalue weighted by molar-refractivity contribution is 6.32. The smallest absolute Gasteiger partial charge is 0.179 e. The predicted molar refractivity (Wildman–Crippen MR) is 80.8 cm³/mol. The van der Waals surface area contributed by atoms with E-state index in [9.17, 15) is 0 Å². The lowest BCUT2D eigenvalue weighted by molar-refractivity contribution is 0.171. The molecule has 1 aliphatic carbocycles. The number of fused-ring (bicyclic) bond motifs is 1. The Morgan fingerprint density at radius 1 is 1.15 bits per heavy atom. The van der Waals surface area contributed by atoms with Crippen molar-refractivity contribution in [1.29, 1.82) is 0 Å². The average molecular weight is 296 g/mol. The maximum atomic E-state index is 6.27. The van der Waals surface area contributed by atoms with Crippen LogP contribution in [0.4, 0.5) is 0 Å². The number of benzene rings is 1. The van der Waals surface area contributed by atoms with Gasteiger partial charge < -0.3 is 14.8 Å². The Labute approximate surface area is 125 Å². The highest BCUT2D eigenvalue weighted by Gasteiger charge is 2.26. The Balaban J connectivity index is 1.70. The van der Waals surface area contributed by atoms with Gasteiger partial charge in [-0.25, -0.2) is 0 Å². The minimum Gasteiger partial charge on any atom is -0.486 e. The zero-order chi connectivity index (χ0) is 14.0. The van der Waals surface area contributed by atoms with Gasteiger partial charge in [0.2, 0.25) is 0 Å². The van der Waals surface area contributed by atoms with Crippen molar-refractivity contribution in [3.63, 3.8) is 0 Å². The number of hydrogen-bond donors (Lipinski definition) is 1. The second kappa shape index (κ2) is 5.82. The second-order valence-corrected chi connectivity index (χ2v) is 6.48. The van der Waals surface area contributed by atoms with Gasteiger partial charge in [0, 0.05) is 12.1 Å². The van der Waals surface area contributed by atoms with E-state index in [0.717, 1.165) is 17.9 Å². The van der Waals surface area contributed by atoms with Crippen LogP contribution in [-0.2, 0) is 6.54 Å². The maximum Gasteiger partial charge on any atom is 0.179 e. The van der Waals surface area contributed by atoms with Crippen LogP contribution in [-0.4, -0.2) is 18.8 Å². The molecule has 2 aliphatic rings. The number of halogens is 1. The van der Waals surface area contributed by atoms with Crippen LogP contribution in [0, 0.1) is 0 Å². The van der Waals surface area contributed by atoms with E-state index in [2.05, 4.69) is 12.2 Å². The molecule has 1 heterocycles. The number of nitrogens with one attached hydrogen (secondary N) is 1. The molecule has 0 radical (unpaired) electrons. The highest BCUT2D eigenvalue weighted by Crippen LogP contribution is 2.38. The van der Waals surface area contributed by atoms with Crippen LogP contribution in [0.5, 0.6) is 11.5 Å². The molecule has 0 atom stereocenters. The summed E-state index contributed by atoms with van der Waals surface area (Å²) >= 11 is 6.27. The van der Waals surface area contributed by atoms with E-state index >= 15 is 0 Å². The van der Waals surface area contributed by atoms with E-state index in [1.165, 1.54) is 32.1 Å². The first kappa shape index (κ1) is 14.0. The molecule has 1 aromatic rings. The highest BCUT2D eigenvalue weighted by atomic mass is 35.5. The summed E-state index contributed by atoms with van der Waals surface area (Å²) in [6.07, 6.45) is 6.53. The molecule has 0 spiro atoms. The minimum atomic E-state index is 0.262. The van der Waals surface area contributed by atoms with E-state index < -0.39 is 0 Å². The zero-order valence-corrected chi connectivity index (χ0v) is 12.8. The fourth-order valence-corrected chi connectivity index (χ4v) is 3.38. The average Bonchev–Trinajstić information content (AvgIpc) is 2.46. The maximum absolute atomic E-state index is 6.27. The van der Waals surface area contributed by atoms with Crippen molar-refractivity contribution in [2.24, 2.45) is 0 Å². The molecule has 20 heavy (non-hydrogen) atoms. The summed E-state index contributed by atoms with van der Waals surface area (Å²) in [6, 6.07) is 4.02. The van der Waals surface area contributed by atoms with Gasteiger partial charge in [-0.05, 0) is 37.5 Å². The van der Waals surface area contributed by atoms with Gasteiger partial charge in [0.25, 0.3) is 0 Å². The van der Waals surface area contributed by atoms with E-state index in [4.69, 9.17) is 21.1 Å². The molecule has 1 N–H and O–H groups in total. The van der Waals surface area contributed by atoms with Gasteiger partial charge in [-0.15, -0.1) is 0 Å². The summed E-state index contributed by atoms with van der Waals surface area (Å²) in [5.74, 6) is 1.46. The van der Waals surface area contributed by atoms with Gasteiger partial charge in [-0.3, -0.25) is 0 Å². The molecule has 4 heteroatoms. The summed E-state index contributed by atoms with van der Waals surface area (Å²) in [5, 5.41) is 4.34. The topological polar surface area (TPSA) is 30.5 Å². The van der Waals surface area contributed by atoms with Crippen molar-refractivity contribution in [2.75, 3.05) is 13.2 Å². The standard InChI is InChI=1S/C16H22ClNO2/c1-16(5-3-2-4-6-16)18-11-12-9-13(17)15-14(10-12)19-7-8-20-15/h9-10,18H,2-8,11H2,1H3. The second-order valence-electron chi connectivity index (χ2n) is 6.08. The first-order chi connectivity index (χ1) is 9.66. The lowest BCUT2D eigenvalue weighted by Gasteiger charge is -2.35. The molecule has 1 aliphatic heterocycles. The molecule has 110 valence electrons. The molecule has 0 unspecified atom stereocenters. The van der Waals surface area contributed by atoms with Gasteiger partial charge in [0.1, 0.15) is 13.2 Å². The molecule has 0 saturated heterocycles. The van der Waals surface area contributed by atoms with E-state index in [1.807, 2.05) is 12.1 Å². The van der Waals surface area contributed by atoms with E-state index in [1.54, 1.807) is 0 Å². The summed E-state index contributed by atoms with van der Waals surface area (Å²) in [6.45, 7) is 4.32. The molecule has 1 saturated carbocycles. The van der Waals surface area contributed by atoms with E-state index in [0.29, 0.717) is 24.0 Å². The largest absolute Gasteiger partial charge is 0.486 e. The van der Waals surface area contributed by atoms with Crippen molar-refractivity contribution in [3.05, 3.63) is 22.7 Å². The quantitative estimate of drug-likeness (QED) is 0.917.